The Morgan fingerprint density at radius 3 is 2.00 bits per heavy atom. The summed E-state index contributed by atoms with van der Waals surface area (Å²) in [5.74, 6) is -6.73. The second kappa shape index (κ2) is 24.5. The third-order valence-electron chi connectivity index (χ3n) is 10.1. The number of aliphatic carboxylic acids is 1. The number of nitrogens with two attached hydrogens (primary N) is 1. The highest BCUT2D eigenvalue weighted by molar-refractivity contribution is 5.98. The van der Waals surface area contributed by atoms with Gasteiger partial charge in [-0.25, -0.2) is 0 Å². The second-order valence-corrected chi connectivity index (χ2v) is 14.9. The fourth-order valence-electron chi connectivity index (χ4n) is 6.67. The van der Waals surface area contributed by atoms with E-state index in [2.05, 4.69) is 31.9 Å². The number of aliphatic hydroxyl groups is 3. The number of carboxylic acids is 1. The predicted octanol–water partition coefficient (Wildman–Crippen LogP) is -2.83. The first-order chi connectivity index (χ1) is 28.5. The van der Waals surface area contributed by atoms with E-state index < -0.39 is 109 Å². The molecular formula is C39H58N8O13. The Bertz CT molecular complexity index is 1680. The summed E-state index contributed by atoms with van der Waals surface area (Å²) >= 11 is 0. The predicted molar refractivity (Wildman–Crippen MR) is 212 cm³/mol. The molecule has 0 aliphatic carbocycles. The lowest BCUT2D eigenvalue weighted by atomic mass is 9.91. The highest BCUT2D eigenvalue weighted by Gasteiger charge is 2.46. The Balaban J connectivity index is 1.82. The Labute approximate surface area is 346 Å². The maximum Gasteiger partial charge on any atom is 0.305 e. The minimum Gasteiger partial charge on any atom is -0.481 e. The van der Waals surface area contributed by atoms with E-state index in [0.717, 1.165) is 0 Å². The molecule has 0 spiro atoms. The van der Waals surface area contributed by atoms with Crippen LogP contribution in [0.2, 0.25) is 0 Å². The van der Waals surface area contributed by atoms with Gasteiger partial charge in [-0.1, -0.05) is 43.7 Å². The molecule has 1 aromatic rings. The van der Waals surface area contributed by atoms with Gasteiger partial charge in [-0.15, -0.1) is 0 Å². The molecule has 21 nitrogen and oxygen atoms in total. The van der Waals surface area contributed by atoms with Crippen LogP contribution < -0.4 is 37.6 Å². The van der Waals surface area contributed by atoms with Crippen LogP contribution in [-0.2, 0) is 49.5 Å². The first-order valence-electron chi connectivity index (χ1n) is 20.1. The topological polar surface area (TPSA) is 349 Å². The van der Waals surface area contributed by atoms with Crippen molar-refractivity contribution in [1.29, 1.82) is 5.41 Å². The highest BCUT2D eigenvalue weighted by atomic mass is 16.5. The number of hydrogen-bond acceptors (Lipinski definition) is 13. The average Bonchev–Trinajstić information content (AvgIpc) is 3.21. The number of carbonyl (C=O) groups excluding carboxylic acids is 7. The van der Waals surface area contributed by atoms with Gasteiger partial charge in [0, 0.05) is 32.2 Å². The summed E-state index contributed by atoms with van der Waals surface area (Å²) in [4.78, 5) is 104. The highest BCUT2D eigenvalue weighted by Crippen LogP contribution is 2.25. The molecule has 332 valence electrons. The maximum absolute atomic E-state index is 14.0. The third-order valence-corrected chi connectivity index (χ3v) is 10.1. The molecule has 2 aliphatic heterocycles. The quantitative estimate of drug-likeness (QED) is 0.0380. The molecular weight excluding hydrogens is 788 g/mol. The van der Waals surface area contributed by atoms with Crippen molar-refractivity contribution < 1.29 is 63.5 Å². The lowest BCUT2D eigenvalue weighted by Gasteiger charge is -2.40. The number of hydrogen-bond donors (Lipinski definition) is 12. The van der Waals surface area contributed by atoms with Gasteiger partial charge in [0.2, 0.25) is 29.5 Å². The zero-order chi connectivity index (χ0) is 44.4. The number of ether oxygens (including phenoxy) is 1. The SMILES string of the molecule is CCC(=O)CC[C@H]1OC(C(=O)NCCCC[C@@H]2NC(=O)[C@@H](Cc3ccccc3)NC(=O)[C@H](CC(=O)O)NC(=O)CNC(=O)[C@H](CCCCC(=N)N)NC2=O)[C@@H](O)C(O)[C@H]1O. The van der Waals surface area contributed by atoms with Crippen LogP contribution in [0.15, 0.2) is 30.3 Å². The van der Waals surface area contributed by atoms with Crippen molar-refractivity contribution in [2.24, 2.45) is 5.73 Å². The molecule has 0 radical (unpaired) electrons. The minimum atomic E-state index is -1.77. The smallest absolute Gasteiger partial charge is 0.305 e. The summed E-state index contributed by atoms with van der Waals surface area (Å²) < 4.78 is 5.61. The number of unbranched alkanes of at least 4 members (excludes halogenated alkanes) is 2. The van der Waals surface area contributed by atoms with E-state index in [0.29, 0.717) is 18.4 Å². The standard InChI is InChI=1S/C39H58N8O13/c1-2-22(48)15-16-27-31(52)32(53)33(54)34(60-27)39(59)42-17-9-8-13-24-36(56)45-23(12-6-7-14-28(40)41)35(55)43-20-29(49)44-26(19-30(50)51)38(58)47-25(37(57)46-24)18-21-10-4-3-5-11-21/h3-5,10-11,23-27,31-34,52-54H,2,6-9,12-20H2,1H3,(H3,40,41)(H,42,59)(H,43,55)(H,44,49)(H,45,56)(H,46,57)(H,47,58)(H,50,51)/t23-,24-,25+,26-,27+,31-,32?,33-,34?/m0/s1. The van der Waals surface area contributed by atoms with Gasteiger partial charge in [0.1, 0.15) is 48.3 Å². The van der Waals surface area contributed by atoms with Crippen molar-refractivity contribution in [3.63, 3.8) is 0 Å². The molecule has 13 N–H and O–H groups in total. The van der Waals surface area contributed by atoms with Crippen molar-refractivity contribution >= 4 is 53.0 Å². The molecule has 6 amide bonds. The number of nitrogens with one attached hydrogen (secondary N) is 7. The van der Waals surface area contributed by atoms with Gasteiger partial charge in [0.05, 0.1) is 24.9 Å². The first-order valence-corrected chi connectivity index (χ1v) is 20.1. The summed E-state index contributed by atoms with van der Waals surface area (Å²) in [5.41, 5.74) is 6.06. The minimum absolute atomic E-state index is 0.0192. The first kappa shape index (κ1) is 48.9. The molecule has 2 fully saturated rings. The number of aliphatic hydroxyl groups excluding tert-OH is 3. The van der Waals surface area contributed by atoms with Gasteiger partial charge in [-0.2, -0.15) is 0 Å². The van der Waals surface area contributed by atoms with Crippen molar-refractivity contribution in [3.8, 4) is 0 Å². The Morgan fingerprint density at radius 1 is 0.767 bits per heavy atom. The van der Waals surface area contributed by atoms with E-state index in [1.807, 2.05) is 0 Å². The van der Waals surface area contributed by atoms with Crippen LogP contribution in [0.25, 0.3) is 0 Å². The van der Waals surface area contributed by atoms with Gasteiger partial charge in [-0.05, 0) is 44.1 Å². The summed E-state index contributed by atoms with van der Waals surface area (Å²) in [5, 5.41) is 63.3. The molecule has 1 aromatic carbocycles. The average molecular weight is 847 g/mol. The van der Waals surface area contributed by atoms with Crippen LogP contribution in [-0.4, -0.2) is 141 Å². The zero-order valence-electron chi connectivity index (χ0n) is 33.5. The monoisotopic (exact) mass is 846 g/mol. The molecule has 2 heterocycles. The molecule has 2 aliphatic rings. The van der Waals surface area contributed by atoms with E-state index in [1.54, 1.807) is 37.3 Å². The molecule has 0 bridgehead atoms. The maximum atomic E-state index is 14.0. The number of carboxylic acid groups (broad SMARTS) is 1. The molecule has 21 heteroatoms. The van der Waals surface area contributed by atoms with Crippen molar-refractivity contribution in [1.82, 2.24) is 31.9 Å². The molecule has 3 rings (SSSR count). The summed E-state index contributed by atoms with van der Waals surface area (Å²) in [7, 11) is 0. The van der Waals surface area contributed by atoms with E-state index in [4.69, 9.17) is 15.9 Å². The molecule has 0 saturated carbocycles. The van der Waals surface area contributed by atoms with Crippen LogP contribution in [0.4, 0.5) is 0 Å². The van der Waals surface area contributed by atoms with Crippen molar-refractivity contribution in [2.45, 2.75) is 139 Å². The third kappa shape index (κ3) is 15.9. The van der Waals surface area contributed by atoms with Crippen LogP contribution in [0.1, 0.15) is 83.1 Å². The molecule has 60 heavy (non-hydrogen) atoms. The van der Waals surface area contributed by atoms with Crippen LogP contribution >= 0.6 is 0 Å². The lowest BCUT2D eigenvalue weighted by Crippen LogP contribution is -2.61. The number of Topliss-reactive ketones (excluding diaryl/α,β-unsaturated/α-hetero) is 1. The molecule has 0 aromatic heterocycles. The van der Waals surface area contributed by atoms with E-state index in [-0.39, 0.29) is 76.0 Å². The number of benzene rings is 1. The van der Waals surface area contributed by atoms with Crippen molar-refractivity contribution in [2.75, 3.05) is 13.1 Å². The van der Waals surface area contributed by atoms with Crippen LogP contribution in [0.3, 0.4) is 0 Å². The van der Waals surface area contributed by atoms with Gasteiger partial charge < -0.3 is 62.8 Å². The Kier molecular flexibility index (Phi) is 20.0. The fraction of sp³-hybridized carbons (Fsp3) is 0.615. The van der Waals surface area contributed by atoms with Crippen LogP contribution in [0, 0.1) is 5.41 Å². The van der Waals surface area contributed by atoms with Crippen LogP contribution in [0.5, 0.6) is 0 Å². The summed E-state index contributed by atoms with van der Waals surface area (Å²) in [6, 6.07) is 2.96. The van der Waals surface area contributed by atoms with Gasteiger partial charge in [-0.3, -0.25) is 43.8 Å². The molecule has 9 atom stereocenters. The Hall–Kier alpha value is -5.51. The van der Waals surface area contributed by atoms with E-state index in [9.17, 15) is 58.8 Å². The largest absolute Gasteiger partial charge is 0.481 e. The number of rotatable bonds is 19. The summed E-state index contributed by atoms with van der Waals surface area (Å²) in [6.07, 6.45) is -6.97. The number of ketones is 1. The molecule has 2 unspecified atom stereocenters. The van der Waals surface area contributed by atoms with Crippen molar-refractivity contribution in [3.05, 3.63) is 35.9 Å². The number of amides is 6. The zero-order valence-corrected chi connectivity index (χ0v) is 33.5. The van der Waals surface area contributed by atoms with E-state index >= 15 is 0 Å². The van der Waals surface area contributed by atoms with Gasteiger partial charge >= 0.3 is 5.97 Å². The molecule has 2 saturated heterocycles. The lowest BCUT2D eigenvalue weighted by molar-refractivity contribution is -0.221. The van der Waals surface area contributed by atoms with Gasteiger partial charge in [0.25, 0.3) is 5.91 Å². The fourth-order valence-corrected chi connectivity index (χ4v) is 6.67. The Morgan fingerprint density at radius 2 is 1.37 bits per heavy atom. The second-order valence-electron chi connectivity index (χ2n) is 14.9. The van der Waals surface area contributed by atoms with E-state index in [1.165, 1.54) is 0 Å². The normalized spacial score (nSPS) is 26.8. The summed E-state index contributed by atoms with van der Waals surface area (Å²) in [6.45, 7) is 0.968. The number of carbonyl (C=O) groups is 8. The number of amidine groups is 1. The van der Waals surface area contributed by atoms with Gasteiger partial charge in [0.15, 0.2) is 6.10 Å².